The molecule has 0 aliphatic carbocycles. The molecule has 2 rings (SSSR count). The number of nitrogens with one attached hydrogen (secondary N) is 1. The molecular formula is C15H11FINO3. The third-order valence-electron chi connectivity index (χ3n) is 2.54. The van der Waals surface area contributed by atoms with Crippen LogP contribution in [0.25, 0.3) is 0 Å². The third-order valence-corrected chi connectivity index (χ3v) is 3.21. The second kappa shape index (κ2) is 7.16. The number of hydrogen-bond donors (Lipinski definition) is 1. The lowest BCUT2D eigenvalue weighted by Crippen LogP contribution is -2.21. The summed E-state index contributed by atoms with van der Waals surface area (Å²) in [7, 11) is 0. The molecule has 108 valence electrons. The summed E-state index contributed by atoms with van der Waals surface area (Å²) in [6, 6.07) is 12.6. The van der Waals surface area contributed by atoms with Gasteiger partial charge in [0.1, 0.15) is 5.82 Å². The van der Waals surface area contributed by atoms with Crippen molar-refractivity contribution < 1.29 is 18.7 Å². The Kier molecular flexibility index (Phi) is 5.26. The molecule has 0 saturated carbocycles. The van der Waals surface area contributed by atoms with Crippen LogP contribution in [0.4, 0.5) is 10.1 Å². The number of ether oxygens (including phenoxy) is 1. The first kappa shape index (κ1) is 15.4. The van der Waals surface area contributed by atoms with Gasteiger partial charge in [0.2, 0.25) is 0 Å². The van der Waals surface area contributed by atoms with Gasteiger partial charge in [-0.15, -0.1) is 0 Å². The zero-order valence-corrected chi connectivity index (χ0v) is 13.0. The number of amides is 1. The van der Waals surface area contributed by atoms with E-state index in [2.05, 4.69) is 27.9 Å². The fraction of sp³-hybridized carbons (Fsp3) is 0.0667. The van der Waals surface area contributed by atoms with Crippen molar-refractivity contribution in [2.75, 3.05) is 11.9 Å². The first-order chi connectivity index (χ1) is 10.1. The number of rotatable bonds is 4. The lowest BCUT2D eigenvalue weighted by Gasteiger charge is -2.07. The number of carbonyl (C=O) groups excluding carboxylic acids is 2. The zero-order valence-electron chi connectivity index (χ0n) is 10.8. The normalized spacial score (nSPS) is 10.0. The lowest BCUT2D eigenvalue weighted by molar-refractivity contribution is -0.119. The van der Waals surface area contributed by atoms with Crippen molar-refractivity contribution in [3.05, 3.63) is 63.5 Å². The highest BCUT2D eigenvalue weighted by atomic mass is 127. The van der Waals surface area contributed by atoms with Crippen molar-refractivity contribution in [2.45, 2.75) is 0 Å². The van der Waals surface area contributed by atoms with Gasteiger partial charge in [-0.1, -0.05) is 18.2 Å². The molecule has 4 nitrogen and oxygen atoms in total. The smallest absolute Gasteiger partial charge is 0.338 e. The Morgan fingerprint density at radius 3 is 2.62 bits per heavy atom. The monoisotopic (exact) mass is 399 g/mol. The van der Waals surface area contributed by atoms with Crippen LogP contribution in [0.2, 0.25) is 0 Å². The molecular weight excluding hydrogens is 388 g/mol. The minimum absolute atomic E-state index is 0.0489. The van der Waals surface area contributed by atoms with E-state index < -0.39 is 24.3 Å². The van der Waals surface area contributed by atoms with Crippen LogP contribution in [-0.4, -0.2) is 18.5 Å². The summed E-state index contributed by atoms with van der Waals surface area (Å²) in [6.07, 6.45) is 0. The van der Waals surface area contributed by atoms with Crippen LogP contribution in [0.3, 0.4) is 0 Å². The summed E-state index contributed by atoms with van der Waals surface area (Å²) in [4.78, 5) is 23.4. The van der Waals surface area contributed by atoms with Gasteiger partial charge in [-0.25, -0.2) is 9.18 Å². The molecule has 21 heavy (non-hydrogen) atoms. The van der Waals surface area contributed by atoms with Gasteiger partial charge in [-0.3, -0.25) is 4.79 Å². The number of para-hydroxylation sites is 1. The molecule has 1 N–H and O–H groups in total. The summed E-state index contributed by atoms with van der Waals surface area (Å²) in [5.74, 6) is -1.74. The van der Waals surface area contributed by atoms with Crippen molar-refractivity contribution in [1.82, 2.24) is 0 Å². The van der Waals surface area contributed by atoms with Gasteiger partial charge < -0.3 is 10.1 Å². The summed E-state index contributed by atoms with van der Waals surface area (Å²) < 4.78 is 19.1. The number of halogens is 2. The number of esters is 1. The summed E-state index contributed by atoms with van der Waals surface area (Å²) >= 11 is 2.07. The van der Waals surface area contributed by atoms with Crippen LogP contribution < -0.4 is 5.32 Å². The molecule has 0 bridgehead atoms. The van der Waals surface area contributed by atoms with Gasteiger partial charge in [0.25, 0.3) is 5.91 Å². The second-order valence-corrected chi connectivity index (χ2v) is 5.36. The maximum absolute atomic E-state index is 13.3. The van der Waals surface area contributed by atoms with Crippen LogP contribution in [0.1, 0.15) is 10.4 Å². The molecule has 1 amide bonds. The minimum atomic E-state index is -0.600. The quantitative estimate of drug-likeness (QED) is 0.635. The third kappa shape index (κ3) is 4.52. The van der Waals surface area contributed by atoms with Crippen molar-refractivity contribution >= 4 is 40.2 Å². The number of benzene rings is 2. The maximum atomic E-state index is 13.3. The van der Waals surface area contributed by atoms with E-state index in [1.54, 1.807) is 24.3 Å². The van der Waals surface area contributed by atoms with Crippen molar-refractivity contribution in [1.29, 1.82) is 0 Å². The van der Waals surface area contributed by atoms with Crippen LogP contribution in [0.15, 0.2) is 48.5 Å². The summed E-state index contributed by atoms with van der Waals surface area (Å²) in [5.41, 5.74) is 0.411. The molecule has 0 fully saturated rings. The number of hydrogen-bond acceptors (Lipinski definition) is 3. The predicted molar refractivity (Wildman–Crippen MR) is 84.5 cm³/mol. The van der Waals surface area contributed by atoms with Gasteiger partial charge >= 0.3 is 5.97 Å². The van der Waals surface area contributed by atoms with Gasteiger partial charge in [-0.2, -0.15) is 0 Å². The SMILES string of the molecule is O=C(COC(=O)c1cccc(I)c1)Nc1ccccc1F. The van der Waals surface area contributed by atoms with Crippen LogP contribution in [0, 0.1) is 9.39 Å². The molecule has 0 saturated heterocycles. The molecule has 0 unspecified atom stereocenters. The van der Waals surface area contributed by atoms with Crippen molar-refractivity contribution in [3.8, 4) is 0 Å². The fourth-order valence-corrected chi connectivity index (χ4v) is 2.12. The average molecular weight is 399 g/mol. The van der Waals surface area contributed by atoms with E-state index in [1.165, 1.54) is 18.2 Å². The highest BCUT2D eigenvalue weighted by Gasteiger charge is 2.11. The lowest BCUT2D eigenvalue weighted by atomic mass is 10.2. The van der Waals surface area contributed by atoms with Crippen molar-refractivity contribution in [2.24, 2.45) is 0 Å². The molecule has 0 atom stereocenters. The molecule has 0 radical (unpaired) electrons. The van der Waals surface area contributed by atoms with E-state index in [4.69, 9.17) is 4.74 Å². The Morgan fingerprint density at radius 1 is 1.14 bits per heavy atom. The topological polar surface area (TPSA) is 55.4 Å². The van der Waals surface area contributed by atoms with E-state index in [-0.39, 0.29) is 5.69 Å². The molecule has 0 aromatic heterocycles. The molecule has 0 spiro atoms. The van der Waals surface area contributed by atoms with E-state index in [1.807, 2.05) is 6.07 Å². The zero-order chi connectivity index (χ0) is 15.2. The standard InChI is InChI=1S/C15H11FINO3/c16-12-6-1-2-7-13(12)18-14(19)9-21-15(20)10-4-3-5-11(17)8-10/h1-8H,9H2,(H,18,19). The highest BCUT2D eigenvalue weighted by Crippen LogP contribution is 2.12. The van der Waals surface area contributed by atoms with E-state index in [9.17, 15) is 14.0 Å². The van der Waals surface area contributed by atoms with Gasteiger partial charge in [0.05, 0.1) is 11.3 Å². The Bertz CT molecular complexity index is 675. The molecule has 6 heteroatoms. The number of anilines is 1. The molecule has 0 aliphatic heterocycles. The van der Waals surface area contributed by atoms with E-state index in [0.29, 0.717) is 5.56 Å². The van der Waals surface area contributed by atoms with Crippen LogP contribution in [0.5, 0.6) is 0 Å². The largest absolute Gasteiger partial charge is 0.452 e. The molecule has 0 aliphatic rings. The first-order valence-electron chi connectivity index (χ1n) is 6.03. The Labute approximate surface area is 134 Å². The summed E-state index contributed by atoms with van der Waals surface area (Å²) in [5, 5.41) is 2.34. The summed E-state index contributed by atoms with van der Waals surface area (Å²) in [6.45, 7) is -0.474. The first-order valence-corrected chi connectivity index (χ1v) is 7.11. The van der Waals surface area contributed by atoms with Gasteiger partial charge in [-0.05, 0) is 52.9 Å². The highest BCUT2D eigenvalue weighted by molar-refractivity contribution is 14.1. The molecule has 0 heterocycles. The minimum Gasteiger partial charge on any atom is -0.452 e. The average Bonchev–Trinajstić information content (AvgIpc) is 2.47. The number of carbonyl (C=O) groups is 2. The maximum Gasteiger partial charge on any atom is 0.338 e. The van der Waals surface area contributed by atoms with Crippen molar-refractivity contribution in [3.63, 3.8) is 0 Å². The van der Waals surface area contributed by atoms with E-state index >= 15 is 0 Å². The van der Waals surface area contributed by atoms with Gasteiger partial charge in [0.15, 0.2) is 6.61 Å². The molecule has 2 aromatic rings. The van der Waals surface area contributed by atoms with E-state index in [0.717, 1.165) is 3.57 Å². The van der Waals surface area contributed by atoms with Gasteiger partial charge in [0, 0.05) is 3.57 Å². The van der Waals surface area contributed by atoms with Crippen LogP contribution in [-0.2, 0) is 9.53 Å². The Hall–Kier alpha value is -1.96. The Morgan fingerprint density at radius 2 is 1.90 bits per heavy atom. The van der Waals surface area contributed by atoms with Crippen LogP contribution >= 0.6 is 22.6 Å². The second-order valence-electron chi connectivity index (χ2n) is 4.11. The Balaban J connectivity index is 1.90. The molecule has 2 aromatic carbocycles. The predicted octanol–water partition coefficient (Wildman–Crippen LogP) is 3.23. The fourth-order valence-electron chi connectivity index (χ4n) is 1.58.